The van der Waals surface area contributed by atoms with E-state index in [9.17, 15) is 82.6 Å². The molecule has 21 nitrogen and oxygen atoms in total. The number of hydrogen-bond acceptors (Lipinski definition) is 13. The fourth-order valence-corrected chi connectivity index (χ4v) is 11.3. The highest BCUT2D eigenvalue weighted by Crippen LogP contribution is 2.43. The highest BCUT2D eigenvalue weighted by molar-refractivity contribution is 7.88. The van der Waals surface area contributed by atoms with E-state index in [2.05, 4.69) is 10.6 Å². The van der Waals surface area contributed by atoms with Crippen molar-refractivity contribution in [3.63, 3.8) is 0 Å². The van der Waals surface area contributed by atoms with E-state index in [1.807, 2.05) is 0 Å². The van der Waals surface area contributed by atoms with Crippen molar-refractivity contribution in [2.24, 2.45) is 0 Å². The zero-order valence-corrected chi connectivity index (χ0v) is 34.1. The maximum Gasteiger partial charge on any atom is 0.323 e. The molecule has 0 radical (unpaired) electrons. The molecule has 0 aromatic heterocycles. The first-order valence-electron chi connectivity index (χ1n) is 15.8. The van der Waals surface area contributed by atoms with Crippen LogP contribution in [0.15, 0.2) is 126 Å². The van der Waals surface area contributed by atoms with Gasteiger partial charge in [-0.1, -0.05) is 48.5 Å². The molecule has 0 atom stereocenters. The van der Waals surface area contributed by atoms with Crippen molar-refractivity contribution in [3.05, 3.63) is 97.1 Å². The van der Waals surface area contributed by atoms with Crippen LogP contribution in [0.3, 0.4) is 0 Å². The lowest BCUT2D eigenvalue weighted by atomic mass is 10.00. The van der Waals surface area contributed by atoms with E-state index >= 15 is 0 Å². The number of hydrogen-bond donors (Lipinski definition) is 8. The van der Waals surface area contributed by atoms with Crippen LogP contribution in [0.25, 0.3) is 43.8 Å². The summed E-state index contributed by atoms with van der Waals surface area (Å²) in [5.74, 6) is 0. The number of carbonyl (C=O) groups is 1. The van der Waals surface area contributed by atoms with Crippen molar-refractivity contribution >= 4 is 99.7 Å². The Bertz CT molecular complexity index is 3320. The molecule has 0 aliphatic rings. The molecule has 316 valence electrons. The van der Waals surface area contributed by atoms with Gasteiger partial charge in [-0.3, -0.25) is 27.3 Å². The topological polar surface area (TPSA) is 367 Å². The zero-order valence-electron chi connectivity index (χ0n) is 29.2. The third-order valence-electron chi connectivity index (χ3n) is 8.57. The van der Waals surface area contributed by atoms with Crippen LogP contribution >= 0.6 is 0 Å². The molecule has 0 bridgehead atoms. The normalized spacial score (nSPS) is 13.0. The molecule has 0 aliphatic heterocycles. The van der Waals surface area contributed by atoms with Gasteiger partial charge >= 0.3 is 6.03 Å². The number of amides is 2. The summed E-state index contributed by atoms with van der Waals surface area (Å²) in [6.45, 7) is 0. The van der Waals surface area contributed by atoms with Gasteiger partial charge in [-0.15, -0.1) is 0 Å². The monoisotopic (exact) mass is 944 g/mol. The molecule has 27 heteroatoms. The quantitative estimate of drug-likeness (QED) is 0.0879. The Hall–Kier alpha value is -5.43. The van der Waals surface area contributed by atoms with E-state index in [0.717, 1.165) is 72.8 Å². The van der Waals surface area contributed by atoms with E-state index in [4.69, 9.17) is 0 Å². The molecule has 0 unspecified atom stereocenters. The molecule has 2 amide bonds. The molecular formula is C33H24N2O19S6. The SMILES string of the molecule is O=C(Nc1cccc(-c2c(S(=O)(=O)O)cc3c(S(=O)(=O)O)cccc3c2S(=O)(=O)O)c1)Nc1cccc(-c2c(S(=O)(=O)O)cc3c(S(=O)(=O)O)cccc3c2S(=O)(=O)O)c1. The second kappa shape index (κ2) is 14.9. The number of rotatable bonds is 10. The predicted octanol–water partition coefficient (Wildman–Crippen LogP) is 4.45. The Balaban J connectivity index is 1.46. The number of nitrogens with one attached hydrogen (secondary N) is 2. The molecule has 0 heterocycles. The smallest absolute Gasteiger partial charge is 0.308 e. The minimum absolute atomic E-state index is 0.234. The standard InChI is InChI=1S/C33H24N2O19S6/c36-33(34-19-7-1-5-17(13-19)29-27(57(43,44)45)15-23-21(31(29)59(49,50)51)9-3-11-25(23)55(37,38)39)35-20-8-2-6-18(14-20)30-28(58(46,47)48)16-24-22(32(30)60(52,53)54)10-4-12-26(24)56(40,41)42/h1-16H,(H2,34,35,36)(H,37,38,39)(H,40,41,42)(H,43,44,45)(H,46,47,48)(H,49,50,51)(H,52,53,54). The second-order valence-electron chi connectivity index (χ2n) is 12.5. The molecule has 0 saturated carbocycles. The summed E-state index contributed by atoms with van der Waals surface area (Å²) < 4.78 is 210. The minimum Gasteiger partial charge on any atom is -0.308 e. The van der Waals surface area contributed by atoms with Crippen LogP contribution < -0.4 is 10.6 Å². The minimum atomic E-state index is -5.50. The van der Waals surface area contributed by atoms with E-state index in [0.29, 0.717) is 12.1 Å². The Morgan fingerprint density at radius 2 is 0.683 bits per heavy atom. The summed E-state index contributed by atoms with van der Waals surface area (Å²) >= 11 is 0. The van der Waals surface area contributed by atoms with Crippen LogP contribution in [0.2, 0.25) is 0 Å². The van der Waals surface area contributed by atoms with Crippen LogP contribution in [0.5, 0.6) is 0 Å². The predicted molar refractivity (Wildman–Crippen MR) is 210 cm³/mol. The lowest BCUT2D eigenvalue weighted by Crippen LogP contribution is -2.19. The molecule has 60 heavy (non-hydrogen) atoms. The van der Waals surface area contributed by atoms with Gasteiger partial charge in [-0.25, -0.2) is 4.79 Å². The first-order valence-corrected chi connectivity index (χ1v) is 24.5. The van der Waals surface area contributed by atoms with E-state index < -0.39 is 140 Å². The van der Waals surface area contributed by atoms with Crippen molar-refractivity contribution in [3.8, 4) is 22.3 Å². The second-order valence-corrected chi connectivity index (χ2v) is 20.7. The molecule has 0 saturated heterocycles. The lowest BCUT2D eigenvalue weighted by molar-refractivity contribution is 0.262. The molecule has 6 aromatic carbocycles. The van der Waals surface area contributed by atoms with Gasteiger partial charge in [0.25, 0.3) is 60.7 Å². The third-order valence-corrected chi connectivity index (χ3v) is 14.0. The van der Waals surface area contributed by atoms with Crippen molar-refractivity contribution in [2.45, 2.75) is 29.4 Å². The number of anilines is 2. The number of urea groups is 1. The number of benzene rings is 6. The van der Waals surface area contributed by atoms with Crippen molar-refractivity contribution in [1.82, 2.24) is 0 Å². The fourth-order valence-electron chi connectivity index (χ4n) is 6.42. The summed E-state index contributed by atoms with van der Waals surface area (Å²) in [5.41, 5.74) is -3.06. The average Bonchev–Trinajstić information content (AvgIpc) is 3.10. The van der Waals surface area contributed by atoms with E-state index in [1.54, 1.807) is 0 Å². The maximum atomic E-state index is 13.3. The molecule has 6 aromatic rings. The zero-order chi connectivity index (χ0) is 44.5. The lowest BCUT2D eigenvalue weighted by Gasteiger charge is -2.18. The molecule has 8 N–H and O–H groups in total. The van der Waals surface area contributed by atoms with E-state index in [1.165, 1.54) is 12.1 Å². The van der Waals surface area contributed by atoms with Gasteiger partial charge in [0.15, 0.2) is 0 Å². The Morgan fingerprint density at radius 3 is 0.983 bits per heavy atom. The Morgan fingerprint density at radius 1 is 0.367 bits per heavy atom. The largest absolute Gasteiger partial charge is 0.323 e. The molecule has 0 aliphatic carbocycles. The van der Waals surface area contributed by atoms with Gasteiger partial charge in [-0.05, 0) is 59.7 Å². The summed E-state index contributed by atoms with van der Waals surface area (Å²) in [4.78, 5) is 6.40. The van der Waals surface area contributed by atoms with Crippen LogP contribution in [0, 0.1) is 0 Å². The Kier molecular flexibility index (Phi) is 11.0. The highest BCUT2D eigenvalue weighted by Gasteiger charge is 2.33. The van der Waals surface area contributed by atoms with Gasteiger partial charge in [0.2, 0.25) is 0 Å². The molecular weight excluding hydrogens is 921 g/mol. The van der Waals surface area contributed by atoms with Gasteiger partial charge < -0.3 is 10.6 Å². The van der Waals surface area contributed by atoms with E-state index in [-0.39, 0.29) is 11.4 Å². The van der Waals surface area contributed by atoms with Gasteiger partial charge in [-0.2, -0.15) is 50.5 Å². The third kappa shape index (κ3) is 8.73. The maximum absolute atomic E-state index is 13.3. The summed E-state index contributed by atoms with van der Waals surface area (Å²) in [5, 5.41) is 1.98. The molecule has 0 spiro atoms. The fraction of sp³-hybridized carbons (Fsp3) is 0. The first-order chi connectivity index (χ1) is 27.5. The number of fused-ring (bicyclic) bond motifs is 2. The Labute approximate surface area is 339 Å². The van der Waals surface area contributed by atoms with Crippen molar-refractivity contribution in [1.29, 1.82) is 0 Å². The molecule has 6 rings (SSSR count). The summed E-state index contributed by atoms with van der Waals surface area (Å²) in [6.07, 6.45) is 0. The van der Waals surface area contributed by atoms with Gasteiger partial charge in [0.05, 0.1) is 0 Å². The summed E-state index contributed by atoms with van der Waals surface area (Å²) in [6, 6.07) is 14.3. The van der Waals surface area contributed by atoms with Gasteiger partial charge in [0, 0.05) is 44.0 Å². The molecule has 0 fully saturated rings. The first kappa shape index (κ1) is 44.1. The van der Waals surface area contributed by atoms with Crippen molar-refractivity contribution in [2.75, 3.05) is 10.6 Å². The summed E-state index contributed by atoms with van der Waals surface area (Å²) in [7, 11) is -32.2. The van der Waals surface area contributed by atoms with Crippen molar-refractivity contribution < 1.29 is 82.6 Å². The van der Waals surface area contributed by atoms with Crippen LogP contribution in [-0.2, 0) is 60.7 Å². The highest BCUT2D eigenvalue weighted by atomic mass is 32.2. The average molecular weight is 945 g/mol. The van der Waals surface area contributed by atoms with Crippen LogP contribution in [0.1, 0.15) is 0 Å². The van der Waals surface area contributed by atoms with Crippen LogP contribution in [0.4, 0.5) is 16.2 Å². The van der Waals surface area contributed by atoms with Gasteiger partial charge in [0.1, 0.15) is 29.4 Å². The van der Waals surface area contributed by atoms with Crippen LogP contribution in [-0.4, -0.2) is 83.9 Å². The number of carbonyl (C=O) groups excluding carboxylic acids is 1.